The van der Waals surface area contributed by atoms with Crippen molar-refractivity contribution in [2.75, 3.05) is 23.4 Å². The van der Waals surface area contributed by atoms with E-state index in [0.29, 0.717) is 0 Å². The van der Waals surface area contributed by atoms with Gasteiger partial charge in [0.1, 0.15) is 0 Å². The molecule has 0 radical (unpaired) electrons. The largest absolute Gasteiger partial charge is 0.383 e. The number of aryl methyl sites for hydroxylation is 1. The molecule has 0 aliphatic heterocycles. The molecular formula is C11H16ClNS. The predicted molar refractivity (Wildman–Crippen MR) is 67.7 cm³/mol. The summed E-state index contributed by atoms with van der Waals surface area (Å²) in [6.07, 6.45) is 0. The highest BCUT2D eigenvalue weighted by Gasteiger charge is 1.98. The van der Waals surface area contributed by atoms with Gasteiger partial charge in [0.2, 0.25) is 0 Å². The van der Waals surface area contributed by atoms with Crippen LogP contribution in [0.4, 0.5) is 5.69 Å². The lowest BCUT2D eigenvalue weighted by Crippen LogP contribution is -2.04. The molecule has 0 heterocycles. The van der Waals surface area contributed by atoms with Crippen LogP contribution in [0.1, 0.15) is 12.5 Å². The highest BCUT2D eigenvalue weighted by molar-refractivity contribution is 7.99. The SMILES string of the molecule is CCSCCNc1cc(C)ccc1Cl. The van der Waals surface area contributed by atoms with Crippen LogP contribution in [0.15, 0.2) is 18.2 Å². The second-order valence-corrected chi connectivity index (χ2v) is 4.91. The molecule has 0 bridgehead atoms. The number of hydrogen-bond acceptors (Lipinski definition) is 2. The topological polar surface area (TPSA) is 12.0 Å². The van der Waals surface area contributed by atoms with Gasteiger partial charge < -0.3 is 5.32 Å². The zero-order valence-electron chi connectivity index (χ0n) is 8.64. The fourth-order valence-corrected chi connectivity index (χ4v) is 1.90. The molecule has 78 valence electrons. The van der Waals surface area contributed by atoms with Gasteiger partial charge in [-0.2, -0.15) is 11.8 Å². The van der Waals surface area contributed by atoms with Gasteiger partial charge in [0, 0.05) is 12.3 Å². The standard InChI is InChI=1S/C11H16ClNS/c1-3-14-7-6-13-11-8-9(2)4-5-10(11)12/h4-5,8,13H,3,6-7H2,1-2H3. The molecule has 0 atom stereocenters. The Labute approximate surface area is 95.2 Å². The number of hydrogen-bond donors (Lipinski definition) is 1. The Morgan fingerprint density at radius 1 is 1.43 bits per heavy atom. The quantitative estimate of drug-likeness (QED) is 0.771. The van der Waals surface area contributed by atoms with Gasteiger partial charge in [-0.25, -0.2) is 0 Å². The number of anilines is 1. The van der Waals surface area contributed by atoms with Crippen molar-refractivity contribution in [3.8, 4) is 0 Å². The van der Waals surface area contributed by atoms with Crippen LogP contribution in [-0.4, -0.2) is 18.1 Å². The van der Waals surface area contributed by atoms with Crippen molar-refractivity contribution in [1.82, 2.24) is 0 Å². The first-order valence-electron chi connectivity index (χ1n) is 4.82. The molecule has 3 heteroatoms. The van der Waals surface area contributed by atoms with Crippen molar-refractivity contribution in [2.45, 2.75) is 13.8 Å². The lowest BCUT2D eigenvalue weighted by Gasteiger charge is -2.08. The van der Waals surface area contributed by atoms with Crippen LogP contribution in [0.25, 0.3) is 0 Å². The van der Waals surface area contributed by atoms with Crippen molar-refractivity contribution in [3.05, 3.63) is 28.8 Å². The maximum atomic E-state index is 6.04. The zero-order chi connectivity index (χ0) is 10.4. The highest BCUT2D eigenvalue weighted by atomic mass is 35.5. The molecule has 14 heavy (non-hydrogen) atoms. The lowest BCUT2D eigenvalue weighted by molar-refractivity contribution is 1.22. The molecule has 0 spiro atoms. The van der Waals surface area contributed by atoms with Crippen LogP contribution < -0.4 is 5.32 Å². The van der Waals surface area contributed by atoms with E-state index in [4.69, 9.17) is 11.6 Å². The summed E-state index contributed by atoms with van der Waals surface area (Å²) < 4.78 is 0. The summed E-state index contributed by atoms with van der Waals surface area (Å²) in [7, 11) is 0. The van der Waals surface area contributed by atoms with Gasteiger partial charge in [0.15, 0.2) is 0 Å². The molecule has 1 rings (SSSR count). The summed E-state index contributed by atoms with van der Waals surface area (Å²) in [6.45, 7) is 5.22. The fourth-order valence-electron chi connectivity index (χ4n) is 1.18. The van der Waals surface area contributed by atoms with E-state index in [-0.39, 0.29) is 0 Å². The molecule has 0 aliphatic rings. The second kappa shape index (κ2) is 6.20. The van der Waals surface area contributed by atoms with Crippen molar-refractivity contribution >= 4 is 29.1 Å². The van der Waals surface area contributed by atoms with E-state index in [1.54, 1.807) is 0 Å². The molecule has 0 fully saturated rings. The maximum absolute atomic E-state index is 6.04. The molecule has 0 aromatic heterocycles. The average Bonchev–Trinajstić information content (AvgIpc) is 2.18. The molecule has 0 amide bonds. The normalized spacial score (nSPS) is 10.2. The monoisotopic (exact) mass is 229 g/mol. The molecule has 0 saturated carbocycles. The summed E-state index contributed by atoms with van der Waals surface area (Å²) in [5.41, 5.74) is 2.28. The van der Waals surface area contributed by atoms with Gasteiger partial charge >= 0.3 is 0 Å². The Morgan fingerprint density at radius 2 is 2.21 bits per heavy atom. The van der Waals surface area contributed by atoms with Gasteiger partial charge in [-0.15, -0.1) is 0 Å². The Morgan fingerprint density at radius 3 is 2.93 bits per heavy atom. The van der Waals surface area contributed by atoms with E-state index in [1.165, 1.54) is 11.3 Å². The third kappa shape index (κ3) is 3.81. The summed E-state index contributed by atoms with van der Waals surface area (Å²) in [6, 6.07) is 6.04. The van der Waals surface area contributed by atoms with Gasteiger partial charge in [-0.3, -0.25) is 0 Å². The van der Waals surface area contributed by atoms with Crippen molar-refractivity contribution in [1.29, 1.82) is 0 Å². The minimum absolute atomic E-state index is 0.803. The molecule has 0 saturated heterocycles. The molecule has 0 aliphatic carbocycles. The Bertz CT molecular complexity index is 289. The fraction of sp³-hybridized carbons (Fsp3) is 0.455. The van der Waals surface area contributed by atoms with E-state index < -0.39 is 0 Å². The molecular weight excluding hydrogens is 214 g/mol. The zero-order valence-corrected chi connectivity index (χ0v) is 10.2. The minimum Gasteiger partial charge on any atom is -0.383 e. The number of halogens is 1. The minimum atomic E-state index is 0.803. The highest BCUT2D eigenvalue weighted by Crippen LogP contribution is 2.22. The molecule has 1 nitrogen and oxygen atoms in total. The van der Waals surface area contributed by atoms with Gasteiger partial charge in [-0.1, -0.05) is 24.6 Å². The third-order valence-electron chi connectivity index (χ3n) is 1.89. The maximum Gasteiger partial charge on any atom is 0.0637 e. The van der Waals surface area contributed by atoms with E-state index in [2.05, 4.69) is 25.2 Å². The van der Waals surface area contributed by atoms with Crippen molar-refractivity contribution in [3.63, 3.8) is 0 Å². The number of rotatable bonds is 5. The number of nitrogens with one attached hydrogen (secondary N) is 1. The van der Waals surface area contributed by atoms with Gasteiger partial charge in [-0.05, 0) is 30.4 Å². The van der Waals surface area contributed by atoms with E-state index in [0.717, 1.165) is 23.0 Å². The van der Waals surface area contributed by atoms with Gasteiger partial charge in [0.25, 0.3) is 0 Å². The third-order valence-corrected chi connectivity index (χ3v) is 3.12. The number of benzene rings is 1. The predicted octanol–water partition coefficient (Wildman–Crippen LogP) is 3.81. The van der Waals surface area contributed by atoms with E-state index in [1.807, 2.05) is 23.9 Å². The first-order chi connectivity index (χ1) is 6.74. The molecule has 1 aromatic carbocycles. The van der Waals surface area contributed by atoms with E-state index >= 15 is 0 Å². The Hall–Kier alpha value is -0.340. The molecule has 0 unspecified atom stereocenters. The molecule has 1 N–H and O–H groups in total. The van der Waals surface area contributed by atoms with Crippen LogP contribution in [0.2, 0.25) is 5.02 Å². The van der Waals surface area contributed by atoms with Crippen LogP contribution in [-0.2, 0) is 0 Å². The summed E-state index contributed by atoms with van der Waals surface area (Å²) >= 11 is 7.97. The van der Waals surface area contributed by atoms with Crippen LogP contribution in [0.3, 0.4) is 0 Å². The van der Waals surface area contributed by atoms with Crippen LogP contribution in [0, 0.1) is 6.92 Å². The Balaban J connectivity index is 2.45. The van der Waals surface area contributed by atoms with Crippen LogP contribution in [0.5, 0.6) is 0 Å². The number of thioether (sulfide) groups is 1. The van der Waals surface area contributed by atoms with Crippen molar-refractivity contribution < 1.29 is 0 Å². The van der Waals surface area contributed by atoms with Crippen LogP contribution >= 0.6 is 23.4 Å². The molecule has 1 aromatic rings. The summed E-state index contributed by atoms with van der Waals surface area (Å²) in [5, 5.41) is 4.14. The first kappa shape index (κ1) is 11.7. The average molecular weight is 230 g/mol. The summed E-state index contributed by atoms with van der Waals surface area (Å²) in [4.78, 5) is 0. The first-order valence-corrected chi connectivity index (χ1v) is 6.35. The lowest BCUT2D eigenvalue weighted by atomic mass is 10.2. The Kier molecular flexibility index (Phi) is 5.20. The van der Waals surface area contributed by atoms with Crippen molar-refractivity contribution in [2.24, 2.45) is 0 Å². The summed E-state index contributed by atoms with van der Waals surface area (Å²) in [5.74, 6) is 2.30. The van der Waals surface area contributed by atoms with E-state index in [9.17, 15) is 0 Å². The van der Waals surface area contributed by atoms with Gasteiger partial charge in [0.05, 0.1) is 10.7 Å². The smallest absolute Gasteiger partial charge is 0.0637 e. The second-order valence-electron chi connectivity index (χ2n) is 3.11.